The Kier molecular flexibility index (Phi) is 4.47. The fourth-order valence-corrected chi connectivity index (χ4v) is 1.96. The Balaban J connectivity index is 2.60. The lowest BCUT2D eigenvalue weighted by Crippen LogP contribution is -2.47. The molecular weight excluding hydrogens is 243 g/mol. The average molecular weight is 258 g/mol. The molecule has 2 nitrogen and oxygen atoms in total. The number of likely N-dealkylation sites (tertiary alicyclic amines) is 1. The molecule has 0 saturated carbocycles. The van der Waals surface area contributed by atoms with Crippen molar-refractivity contribution in [3.8, 4) is 0 Å². The molecule has 0 spiro atoms. The minimum Gasteiger partial charge on any atom is -0.341 e. The van der Waals surface area contributed by atoms with Gasteiger partial charge in [0.05, 0.1) is 5.92 Å². The number of amides is 1. The van der Waals surface area contributed by atoms with Gasteiger partial charge in [-0.3, -0.25) is 4.79 Å². The van der Waals surface area contributed by atoms with Gasteiger partial charge in [-0.2, -0.15) is 13.2 Å². The van der Waals surface area contributed by atoms with E-state index in [9.17, 15) is 18.0 Å². The van der Waals surface area contributed by atoms with Crippen LogP contribution in [0, 0.1) is 5.92 Å². The highest BCUT2D eigenvalue weighted by Gasteiger charge is 2.43. The number of hydrogen-bond donors (Lipinski definition) is 0. The summed E-state index contributed by atoms with van der Waals surface area (Å²) in [7, 11) is 0. The molecule has 1 saturated heterocycles. The van der Waals surface area contributed by atoms with Crippen molar-refractivity contribution in [2.45, 2.75) is 37.7 Å². The summed E-state index contributed by atoms with van der Waals surface area (Å²) in [6.45, 7) is 1.88. The molecule has 94 valence electrons. The fraction of sp³-hybridized carbons (Fsp3) is 0.900. The van der Waals surface area contributed by atoms with Crippen molar-refractivity contribution in [2.24, 2.45) is 5.92 Å². The number of halogens is 4. The Morgan fingerprint density at radius 1 is 1.56 bits per heavy atom. The van der Waals surface area contributed by atoms with Crippen LogP contribution < -0.4 is 0 Å². The van der Waals surface area contributed by atoms with E-state index >= 15 is 0 Å². The van der Waals surface area contributed by atoms with Gasteiger partial charge in [-0.1, -0.05) is 6.92 Å². The SMILES string of the molecule is CC[C@H](Cl)C(=O)N1CCC[C@@H](C(F)(F)F)C1. The van der Waals surface area contributed by atoms with Crippen molar-refractivity contribution in [1.82, 2.24) is 4.90 Å². The maximum Gasteiger partial charge on any atom is 0.393 e. The van der Waals surface area contributed by atoms with Gasteiger partial charge >= 0.3 is 6.18 Å². The van der Waals surface area contributed by atoms with Crippen LogP contribution in [0.3, 0.4) is 0 Å². The zero-order chi connectivity index (χ0) is 12.3. The molecule has 0 unspecified atom stereocenters. The zero-order valence-corrected chi connectivity index (χ0v) is 9.81. The summed E-state index contributed by atoms with van der Waals surface area (Å²) in [6, 6.07) is 0. The zero-order valence-electron chi connectivity index (χ0n) is 9.06. The van der Waals surface area contributed by atoms with Crippen LogP contribution in [0.4, 0.5) is 13.2 Å². The lowest BCUT2D eigenvalue weighted by atomic mass is 9.97. The molecule has 2 atom stereocenters. The van der Waals surface area contributed by atoms with E-state index in [4.69, 9.17) is 11.6 Å². The number of carbonyl (C=O) groups excluding carboxylic acids is 1. The molecule has 1 heterocycles. The first-order valence-corrected chi connectivity index (χ1v) is 5.79. The maximum absolute atomic E-state index is 12.5. The first-order valence-electron chi connectivity index (χ1n) is 5.35. The second kappa shape index (κ2) is 5.25. The largest absolute Gasteiger partial charge is 0.393 e. The van der Waals surface area contributed by atoms with Gasteiger partial charge in [0.15, 0.2) is 0 Å². The summed E-state index contributed by atoms with van der Waals surface area (Å²) >= 11 is 5.74. The van der Waals surface area contributed by atoms with E-state index in [1.54, 1.807) is 6.92 Å². The third kappa shape index (κ3) is 3.27. The molecule has 0 aliphatic carbocycles. The Hall–Kier alpha value is -0.450. The van der Waals surface area contributed by atoms with Crippen molar-refractivity contribution in [3.05, 3.63) is 0 Å². The predicted octanol–water partition coefficient (Wildman–Crippen LogP) is 2.80. The van der Waals surface area contributed by atoms with Crippen LogP contribution in [0.5, 0.6) is 0 Å². The van der Waals surface area contributed by atoms with Gasteiger partial charge in [-0.05, 0) is 19.3 Å². The molecule has 0 bridgehead atoms. The molecule has 0 radical (unpaired) electrons. The molecule has 16 heavy (non-hydrogen) atoms. The Morgan fingerprint density at radius 3 is 2.69 bits per heavy atom. The Bertz CT molecular complexity index is 257. The minimum absolute atomic E-state index is 0.104. The van der Waals surface area contributed by atoms with Gasteiger partial charge < -0.3 is 4.90 Å². The Morgan fingerprint density at radius 2 is 2.19 bits per heavy atom. The summed E-state index contributed by atoms with van der Waals surface area (Å²) in [5.41, 5.74) is 0. The van der Waals surface area contributed by atoms with Crippen LogP contribution in [-0.4, -0.2) is 35.4 Å². The van der Waals surface area contributed by atoms with Crippen LogP contribution in [0.25, 0.3) is 0 Å². The molecule has 1 fully saturated rings. The van der Waals surface area contributed by atoms with Crippen LogP contribution >= 0.6 is 11.6 Å². The van der Waals surface area contributed by atoms with Gasteiger partial charge in [0.25, 0.3) is 0 Å². The van der Waals surface area contributed by atoms with E-state index in [0.717, 1.165) is 0 Å². The van der Waals surface area contributed by atoms with E-state index in [1.807, 2.05) is 0 Å². The van der Waals surface area contributed by atoms with Gasteiger partial charge in [0.2, 0.25) is 5.91 Å². The lowest BCUT2D eigenvalue weighted by Gasteiger charge is -2.34. The fourth-order valence-electron chi connectivity index (χ4n) is 1.82. The topological polar surface area (TPSA) is 20.3 Å². The highest BCUT2D eigenvalue weighted by atomic mass is 35.5. The minimum atomic E-state index is -4.22. The van der Waals surface area contributed by atoms with E-state index < -0.39 is 17.5 Å². The summed E-state index contributed by atoms with van der Waals surface area (Å²) in [4.78, 5) is 12.9. The highest BCUT2D eigenvalue weighted by Crippen LogP contribution is 2.33. The van der Waals surface area contributed by atoms with Gasteiger partial charge in [0.1, 0.15) is 5.38 Å². The van der Waals surface area contributed by atoms with E-state index in [0.29, 0.717) is 19.4 Å². The molecule has 6 heteroatoms. The molecule has 0 N–H and O–H groups in total. The number of alkyl halides is 4. The predicted molar refractivity (Wildman–Crippen MR) is 55.3 cm³/mol. The average Bonchev–Trinajstić information content (AvgIpc) is 2.26. The van der Waals surface area contributed by atoms with Crippen molar-refractivity contribution in [1.29, 1.82) is 0 Å². The van der Waals surface area contributed by atoms with E-state index in [-0.39, 0.29) is 18.9 Å². The summed E-state index contributed by atoms with van der Waals surface area (Å²) in [5, 5.41) is -0.702. The van der Waals surface area contributed by atoms with Crippen LogP contribution in [-0.2, 0) is 4.79 Å². The monoisotopic (exact) mass is 257 g/mol. The van der Waals surface area contributed by atoms with E-state index in [2.05, 4.69) is 0 Å². The van der Waals surface area contributed by atoms with Crippen molar-refractivity contribution >= 4 is 17.5 Å². The summed E-state index contributed by atoms with van der Waals surface area (Å²) in [6.07, 6.45) is -3.28. The molecule has 0 aromatic heterocycles. The van der Waals surface area contributed by atoms with Crippen molar-refractivity contribution < 1.29 is 18.0 Å². The number of rotatable bonds is 2. The van der Waals surface area contributed by atoms with Gasteiger partial charge in [-0.25, -0.2) is 0 Å². The molecular formula is C10H15ClF3NO. The van der Waals surface area contributed by atoms with E-state index in [1.165, 1.54) is 4.90 Å². The van der Waals surface area contributed by atoms with Gasteiger partial charge in [0, 0.05) is 13.1 Å². The Labute approximate surface area is 97.7 Å². The number of nitrogens with zero attached hydrogens (tertiary/aromatic N) is 1. The highest BCUT2D eigenvalue weighted by molar-refractivity contribution is 6.30. The van der Waals surface area contributed by atoms with Crippen LogP contribution in [0.1, 0.15) is 26.2 Å². The third-order valence-electron chi connectivity index (χ3n) is 2.82. The molecule has 1 aliphatic heterocycles. The maximum atomic E-state index is 12.5. The first kappa shape index (κ1) is 13.6. The normalized spacial score (nSPS) is 24.3. The summed E-state index contributed by atoms with van der Waals surface area (Å²) in [5.74, 6) is -1.77. The van der Waals surface area contributed by atoms with Crippen molar-refractivity contribution in [2.75, 3.05) is 13.1 Å². The first-order chi connectivity index (χ1) is 7.36. The molecule has 1 rings (SSSR count). The smallest absolute Gasteiger partial charge is 0.341 e. The quantitative estimate of drug-likeness (QED) is 0.697. The second-order valence-corrected chi connectivity index (χ2v) is 4.57. The third-order valence-corrected chi connectivity index (χ3v) is 3.32. The molecule has 0 aromatic carbocycles. The molecule has 1 amide bonds. The second-order valence-electron chi connectivity index (χ2n) is 4.04. The number of hydrogen-bond acceptors (Lipinski definition) is 1. The lowest BCUT2D eigenvalue weighted by molar-refractivity contribution is -0.188. The summed E-state index contributed by atoms with van der Waals surface area (Å²) < 4.78 is 37.5. The van der Waals surface area contributed by atoms with Gasteiger partial charge in [-0.15, -0.1) is 11.6 Å². The number of carbonyl (C=O) groups is 1. The van der Waals surface area contributed by atoms with Crippen LogP contribution in [0.2, 0.25) is 0 Å². The van der Waals surface area contributed by atoms with Crippen molar-refractivity contribution in [3.63, 3.8) is 0 Å². The van der Waals surface area contributed by atoms with Crippen LogP contribution in [0.15, 0.2) is 0 Å². The standard InChI is InChI=1S/C10H15ClF3NO/c1-2-8(11)9(16)15-5-3-4-7(6-15)10(12,13)14/h7-8H,2-6H2,1H3/t7-,8+/m1/s1. The molecule has 0 aromatic rings. The number of piperidine rings is 1. The molecule has 1 aliphatic rings.